The topological polar surface area (TPSA) is 150 Å². The summed E-state index contributed by atoms with van der Waals surface area (Å²) in [5.41, 5.74) is -0.971. The third-order valence-corrected chi connectivity index (χ3v) is 11.3. The van der Waals surface area contributed by atoms with Crippen molar-refractivity contribution < 1.29 is 9.53 Å². The van der Waals surface area contributed by atoms with Gasteiger partial charge in [0.25, 0.3) is 0 Å². The number of carbonyl (C=O) groups excluding carboxylic acids is 1. The largest absolute Gasteiger partial charge is 0.444 e. The van der Waals surface area contributed by atoms with Gasteiger partial charge in [-0.3, -0.25) is 19.2 Å². The first-order chi connectivity index (χ1) is 25.8. The minimum atomic E-state index is -0.790. The second kappa shape index (κ2) is 11.6. The van der Waals surface area contributed by atoms with Crippen molar-refractivity contribution in [2.24, 2.45) is 9.98 Å². The highest BCUT2D eigenvalue weighted by molar-refractivity contribution is 7.30. The van der Waals surface area contributed by atoms with Crippen molar-refractivity contribution >= 4 is 103 Å². The number of hydrogen-bond donors (Lipinski definition) is 0. The Morgan fingerprint density at radius 2 is 0.943 bits per heavy atom. The minimum absolute atomic E-state index is 0.0370. The van der Waals surface area contributed by atoms with Crippen LogP contribution in [-0.2, 0) is 11.3 Å². The Bertz CT molecular complexity index is 3180. The average molecular weight is 730 g/mol. The van der Waals surface area contributed by atoms with Crippen LogP contribution in [-0.4, -0.2) is 20.6 Å². The number of hydrogen-bond acceptors (Lipinski definition) is 12. The molecule has 0 aliphatic rings. The van der Waals surface area contributed by atoms with Gasteiger partial charge in [0.2, 0.25) is 32.0 Å². The van der Waals surface area contributed by atoms with Gasteiger partial charge in [-0.25, -0.2) is 19.3 Å². The predicted molar refractivity (Wildman–Crippen MR) is 206 cm³/mol. The fourth-order valence-electron chi connectivity index (χ4n) is 6.70. The highest BCUT2D eigenvalue weighted by atomic mass is 32.1. The predicted octanol–water partition coefficient (Wildman–Crippen LogP) is 6.16. The number of ether oxygens (including phenoxy) is 1. The lowest BCUT2D eigenvalue weighted by atomic mass is 10.1. The van der Waals surface area contributed by atoms with E-state index in [2.05, 4.69) is 20.0 Å². The van der Waals surface area contributed by atoms with Crippen LogP contribution in [0.25, 0.3) is 63.8 Å². The van der Waals surface area contributed by atoms with Crippen LogP contribution in [0.1, 0.15) is 5.56 Å². The van der Waals surface area contributed by atoms with Crippen LogP contribution in [0.2, 0.25) is 0 Å². The number of benzene rings is 5. The fraction of sp³-hybridized carbons (Fsp3) is 0.0250. The van der Waals surface area contributed by atoms with E-state index in [1.165, 1.54) is 4.57 Å². The van der Waals surface area contributed by atoms with E-state index in [0.29, 0.717) is 9.40 Å². The first kappa shape index (κ1) is 30.9. The highest BCUT2D eigenvalue weighted by Gasteiger charge is 2.26. The average Bonchev–Trinajstić information content (AvgIpc) is 3.95. The molecule has 0 amide bonds. The van der Waals surface area contributed by atoms with Crippen LogP contribution in [0.15, 0.2) is 132 Å². The third-order valence-electron chi connectivity index (χ3n) is 9.24. The molecule has 10 rings (SSSR count). The third kappa shape index (κ3) is 4.82. The molecule has 10 aromatic rings. The molecule has 0 radical (unpaired) electrons. The van der Waals surface area contributed by atoms with Crippen molar-refractivity contribution in [3.63, 3.8) is 0 Å². The molecule has 3 aromatic heterocycles. The van der Waals surface area contributed by atoms with Crippen LogP contribution in [0, 0.1) is 0 Å². The Kier molecular flexibility index (Phi) is 6.77. The van der Waals surface area contributed by atoms with E-state index in [-0.39, 0.29) is 60.4 Å². The number of fused-ring (bicyclic) bond motifs is 7. The van der Waals surface area contributed by atoms with Crippen molar-refractivity contribution in [1.82, 2.24) is 14.5 Å². The molecule has 7 aromatic carbocycles. The lowest BCUT2D eigenvalue weighted by Gasteiger charge is -2.05. The van der Waals surface area contributed by atoms with E-state index in [1.807, 2.05) is 78.9 Å². The molecule has 252 valence electrons. The molecule has 0 fully saturated rings. The molecule has 0 spiro atoms. The van der Waals surface area contributed by atoms with E-state index < -0.39 is 27.8 Å². The standard InChI is InChI=1S/C40H19N5O6S2/c46-30-24-14-20-10-4-5-11-21(20)15-25(24)31(47)28(30)41-38-43-36-34(52-38)35-37(45(36)40(50)51-18-19-8-2-1-3-9-19)44-39(53-35)42-29-32(48)26-16-22-12-6-7-13-23(22)17-27(26)33(29)49/h1-17H,18H2. The summed E-state index contributed by atoms with van der Waals surface area (Å²) in [5.74, 6) is 0. The molecule has 0 unspecified atom stereocenters. The number of nitrogens with zero attached hydrogens (tertiary/aromatic N) is 5. The molecule has 13 heteroatoms. The summed E-state index contributed by atoms with van der Waals surface area (Å²) in [7, 11) is 0. The zero-order valence-electron chi connectivity index (χ0n) is 27.0. The number of aromatic nitrogens is 3. The number of carbonyl (C=O) groups is 1. The molecule has 0 aliphatic carbocycles. The van der Waals surface area contributed by atoms with Gasteiger partial charge in [0.1, 0.15) is 6.61 Å². The van der Waals surface area contributed by atoms with E-state index in [1.54, 1.807) is 24.3 Å². The minimum Gasteiger partial charge on any atom is -0.444 e. The van der Waals surface area contributed by atoms with E-state index in [4.69, 9.17) is 4.74 Å². The lowest BCUT2D eigenvalue weighted by Crippen LogP contribution is -2.31. The molecular formula is C40H19N5O6S2. The summed E-state index contributed by atoms with van der Waals surface area (Å²) in [6.07, 6.45) is -0.790. The Morgan fingerprint density at radius 1 is 0.566 bits per heavy atom. The first-order valence-electron chi connectivity index (χ1n) is 16.3. The van der Waals surface area contributed by atoms with Crippen LogP contribution < -0.4 is 32.4 Å². The fourth-order valence-corrected chi connectivity index (χ4v) is 8.67. The van der Waals surface area contributed by atoms with Crippen molar-refractivity contribution in [2.45, 2.75) is 6.61 Å². The Morgan fingerprint density at radius 3 is 1.34 bits per heavy atom. The van der Waals surface area contributed by atoms with E-state index >= 15 is 0 Å². The van der Waals surface area contributed by atoms with Gasteiger partial charge in [-0.2, -0.15) is 9.97 Å². The molecule has 0 bridgehead atoms. The maximum atomic E-state index is 13.7. The SMILES string of the molecule is O=C(OCc1ccccc1)n1c2nc(N=c3c(=O)c4cc5ccccc5cc4c3=O)sc2c2sc(N=c3c(=O)c4cc5ccccc5cc4c3=O)nc21. The Hall–Kier alpha value is -6.83. The summed E-state index contributed by atoms with van der Waals surface area (Å²) in [6.45, 7) is -0.0370. The van der Waals surface area contributed by atoms with Crippen molar-refractivity contribution in [3.05, 3.63) is 160 Å². The highest BCUT2D eigenvalue weighted by Crippen LogP contribution is 2.41. The zero-order valence-corrected chi connectivity index (χ0v) is 28.7. The molecule has 3 heterocycles. The molecule has 0 saturated carbocycles. The van der Waals surface area contributed by atoms with Gasteiger partial charge in [0, 0.05) is 21.5 Å². The second-order valence-corrected chi connectivity index (χ2v) is 14.4. The number of rotatable bonds is 4. The van der Waals surface area contributed by atoms with Gasteiger partial charge >= 0.3 is 6.09 Å². The maximum absolute atomic E-state index is 13.7. The quantitative estimate of drug-likeness (QED) is 0.209. The van der Waals surface area contributed by atoms with E-state index in [9.17, 15) is 24.0 Å². The Balaban J connectivity index is 1.15. The van der Waals surface area contributed by atoms with Gasteiger partial charge in [-0.1, -0.05) is 102 Å². The van der Waals surface area contributed by atoms with Gasteiger partial charge in [-0.05, 0) is 51.4 Å². The number of thiazole rings is 2. The van der Waals surface area contributed by atoms with Gasteiger partial charge < -0.3 is 4.74 Å². The van der Waals surface area contributed by atoms with Crippen molar-refractivity contribution in [2.75, 3.05) is 0 Å². The van der Waals surface area contributed by atoms with Crippen molar-refractivity contribution in [1.29, 1.82) is 0 Å². The zero-order chi connectivity index (χ0) is 36.0. The summed E-state index contributed by atoms with van der Waals surface area (Å²) in [6, 6.07) is 30.8. The summed E-state index contributed by atoms with van der Waals surface area (Å²) < 4.78 is 7.79. The summed E-state index contributed by atoms with van der Waals surface area (Å²) >= 11 is 2.11. The normalized spacial score (nSPS) is 11.8. The van der Waals surface area contributed by atoms with Gasteiger partial charge in [0.15, 0.2) is 22.0 Å². The summed E-state index contributed by atoms with van der Waals surface area (Å²) in [5, 5.41) is 3.94. The van der Waals surface area contributed by atoms with Crippen molar-refractivity contribution in [3.8, 4) is 0 Å². The van der Waals surface area contributed by atoms with E-state index in [0.717, 1.165) is 49.8 Å². The molecule has 53 heavy (non-hydrogen) atoms. The lowest BCUT2D eigenvalue weighted by molar-refractivity contribution is 0.143. The van der Waals surface area contributed by atoms with Gasteiger partial charge in [0.05, 0.1) is 9.40 Å². The molecule has 0 saturated heterocycles. The monoisotopic (exact) mass is 729 g/mol. The van der Waals surface area contributed by atoms with Crippen LogP contribution >= 0.6 is 22.7 Å². The van der Waals surface area contributed by atoms with Crippen LogP contribution in [0.3, 0.4) is 0 Å². The molecule has 0 N–H and O–H groups in total. The van der Waals surface area contributed by atoms with Crippen LogP contribution in [0.4, 0.5) is 15.1 Å². The molecule has 11 nitrogen and oxygen atoms in total. The first-order valence-corrected chi connectivity index (χ1v) is 17.9. The molecular weight excluding hydrogens is 711 g/mol. The second-order valence-electron chi connectivity index (χ2n) is 12.4. The Labute approximate surface area is 302 Å². The molecule has 0 aliphatic heterocycles. The van der Waals surface area contributed by atoms with Crippen LogP contribution in [0.5, 0.6) is 0 Å². The molecule has 0 atom stereocenters. The summed E-state index contributed by atoms with van der Waals surface area (Å²) in [4.78, 5) is 85.5. The smallest absolute Gasteiger partial charge is 0.421 e. The maximum Gasteiger partial charge on any atom is 0.421 e. The van der Waals surface area contributed by atoms with Gasteiger partial charge in [-0.15, -0.1) is 0 Å².